The molecule has 2 saturated carbocycles. The van der Waals surface area contributed by atoms with Crippen LogP contribution in [0.25, 0.3) is 0 Å². The molecule has 2 fully saturated rings. The second-order valence-electron chi connectivity index (χ2n) is 6.88. The molecule has 0 saturated heterocycles. The van der Waals surface area contributed by atoms with Gasteiger partial charge in [0.05, 0.1) is 5.60 Å². The van der Waals surface area contributed by atoms with Crippen molar-refractivity contribution in [2.24, 2.45) is 0 Å². The molecule has 21 heavy (non-hydrogen) atoms. The highest BCUT2D eigenvalue weighted by Crippen LogP contribution is 2.42. The SMILES string of the molecule is COC1(C(O)c2cccc(C3CCC3)c2)CCCCCC1. The summed E-state index contributed by atoms with van der Waals surface area (Å²) in [6.45, 7) is 0. The molecule has 3 rings (SSSR count). The number of methoxy groups -OCH3 is 1. The van der Waals surface area contributed by atoms with Gasteiger partial charge in [0.15, 0.2) is 0 Å². The summed E-state index contributed by atoms with van der Waals surface area (Å²) >= 11 is 0. The van der Waals surface area contributed by atoms with Crippen LogP contribution < -0.4 is 0 Å². The van der Waals surface area contributed by atoms with Crippen LogP contribution in [0.2, 0.25) is 0 Å². The largest absolute Gasteiger partial charge is 0.385 e. The number of rotatable bonds is 4. The first-order chi connectivity index (χ1) is 10.2. The molecular weight excluding hydrogens is 260 g/mol. The lowest BCUT2D eigenvalue weighted by molar-refractivity contribution is -0.114. The zero-order chi connectivity index (χ0) is 14.7. The molecule has 2 aliphatic rings. The lowest BCUT2D eigenvalue weighted by Gasteiger charge is -2.37. The summed E-state index contributed by atoms with van der Waals surface area (Å²) in [5.74, 6) is 0.713. The molecular formula is C19H28O2. The van der Waals surface area contributed by atoms with Crippen molar-refractivity contribution in [3.8, 4) is 0 Å². The normalized spacial score (nSPS) is 24.1. The maximum atomic E-state index is 11.0. The van der Waals surface area contributed by atoms with Crippen LogP contribution in [0, 0.1) is 0 Å². The minimum Gasteiger partial charge on any atom is -0.385 e. The Balaban J connectivity index is 1.83. The second-order valence-corrected chi connectivity index (χ2v) is 6.88. The summed E-state index contributed by atoms with van der Waals surface area (Å²) in [4.78, 5) is 0. The van der Waals surface area contributed by atoms with Crippen molar-refractivity contribution in [1.82, 2.24) is 0 Å². The Morgan fingerprint density at radius 3 is 2.38 bits per heavy atom. The second kappa shape index (κ2) is 6.50. The maximum Gasteiger partial charge on any atom is 0.108 e. The topological polar surface area (TPSA) is 29.5 Å². The van der Waals surface area contributed by atoms with Crippen molar-refractivity contribution >= 4 is 0 Å². The molecule has 0 spiro atoms. The number of benzene rings is 1. The van der Waals surface area contributed by atoms with E-state index in [0.717, 1.165) is 31.2 Å². The lowest BCUT2D eigenvalue weighted by Crippen LogP contribution is -2.38. The first-order valence-corrected chi connectivity index (χ1v) is 8.58. The number of hydrogen-bond donors (Lipinski definition) is 1. The molecule has 2 nitrogen and oxygen atoms in total. The van der Waals surface area contributed by atoms with Crippen LogP contribution in [0.3, 0.4) is 0 Å². The first kappa shape index (κ1) is 15.1. The van der Waals surface area contributed by atoms with Gasteiger partial charge in [-0.25, -0.2) is 0 Å². The fourth-order valence-corrected chi connectivity index (χ4v) is 3.94. The van der Waals surface area contributed by atoms with E-state index < -0.39 is 6.10 Å². The van der Waals surface area contributed by atoms with Crippen LogP contribution in [0.4, 0.5) is 0 Å². The van der Waals surface area contributed by atoms with E-state index in [4.69, 9.17) is 4.74 Å². The monoisotopic (exact) mass is 288 g/mol. The Morgan fingerprint density at radius 1 is 1.10 bits per heavy atom. The number of hydrogen-bond acceptors (Lipinski definition) is 2. The molecule has 0 heterocycles. The fourth-order valence-electron chi connectivity index (χ4n) is 3.94. The Hall–Kier alpha value is -0.860. The number of ether oxygens (including phenoxy) is 1. The van der Waals surface area contributed by atoms with Gasteiger partial charge in [0.2, 0.25) is 0 Å². The maximum absolute atomic E-state index is 11.0. The highest BCUT2D eigenvalue weighted by atomic mass is 16.5. The van der Waals surface area contributed by atoms with Crippen molar-refractivity contribution in [2.45, 2.75) is 75.4 Å². The number of aliphatic hydroxyl groups excluding tert-OH is 1. The lowest BCUT2D eigenvalue weighted by atomic mass is 9.78. The fraction of sp³-hybridized carbons (Fsp3) is 0.684. The van der Waals surface area contributed by atoms with E-state index >= 15 is 0 Å². The van der Waals surface area contributed by atoms with E-state index in [1.54, 1.807) is 7.11 Å². The van der Waals surface area contributed by atoms with Gasteiger partial charge in [-0.2, -0.15) is 0 Å². The van der Waals surface area contributed by atoms with E-state index in [1.807, 2.05) is 0 Å². The summed E-state index contributed by atoms with van der Waals surface area (Å²) in [5.41, 5.74) is 2.06. The molecule has 0 bridgehead atoms. The van der Waals surface area contributed by atoms with Gasteiger partial charge < -0.3 is 9.84 Å². The van der Waals surface area contributed by atoms with Gasteiger partial charge in [0.25, 0.3) is 0 Å². The summed E-state index contributed by atoms with van der Waals surface area (Å²) in [6.07, 6.45) is 10.2. The van der Waals surface area contributed by atoms with Crippen molar-refractivity contribution in [3.05, 3.63) is 35.4 Å². The summed E-state index contributed by atoms with van der Waals surface area (Å²) in [7, 11) is 1.77. The standard InChI is InChI=1S/C19H28O2/c1-21-19(12-4-2-3-5-13-19)18(20)17-11-7-10-16(14-17)15-8-6-9-15/h7,10-11,14-15,18,20H,2-6,8-9,12-13H2,1H3. The molecule has 0 amide bonds. The van der Waals surface area contributed by atoms with Gasteiger partial charge >= 0.3 is 0 Å². The quantitative estimate of drug-likeness (QED) is 0.812. The average Bonchev–Trinajstić information content (AvgIpc) is 2.71. The molecule has 1 N–H and O–H groups in total. The smallest absolute Gasteiger partial charge is 0.108 e. The molecule has 1 unspecified atom stereocenters. The highest BCUT2D eigenvalue weighted by molar-refractivity contribution is 5.30. The van der Waals surface area contributed by atoms with Gasteiger partial charge in [0, 0.05) is 7.11 Å². The van der Waals surface area contributed by atoms with Crippen molar-refractivity contribution < 1.29 is 9.84 Å². The molecule has 0 aromatic heterocycles. The summed E-state index contributed by atoms with van der Waals surface area (Å²) in [6, 6.07) is 8.61. The Bertz CT molecular complexity index is 456. The van der Waals surface area contributed by atoms with E-state index in [1.165, 1.54) is 37.7 Å². The van der Waals surface area contributed by atoms with Gasteiger partial charge in [-0.15, -0.1) is 0 Å². The van der Waals surface area contributed by atoms with Crippen LogP contribution >= 0.6 is 0 Å². The molecule has 1 aromatic carbocycles. The Kier molecular flexibility index (Phi) is 4.66. The van der Waals surface area contributed by atoms with Gasteiger partial charge in [0.1, 0.15) is 6.10 Å². The van der Waals surface area contributed by atoms with Crippen LogP contribution in [0.15, 0.2) is 24.3 Å². The summed E-state index contributed by atoms with van der Waals surface area (Å²) in [5, 5.41) is 11.0. The van der Waals surface area contributed by atoms with Crippen LogP contribution in [0.1, 0.15) is 80.9 Å². The molecule has 2 aliphatic carbocycles. The molecule has 0 aliphatic heterocycles. The van der Waals surface area contributed by atoms with Crippen LogP contribution in [0.5, 0.6) is 0 Å². The summed E-state index contributed by atoms with van der Waals surface area (Å²) < 4.78 is 5.87. The molecule has 1 atom stereocenters. The van der Waals surface area contributed by atoms with Crippen molar-refractivity contribution in [1.29, 1.82) is 0 Å². The zero-order valence-electron chi connectivity index (χ0n) is 13.2. The molecule has 1 aromatic rings. The van der Waals surface area contributed by atoms with E-state index in [2.05, 4.69) is 24.3 Å². The molecule has 2 heteroatoms. The van der Waals surface area contributed by atoms with E-state index in [9.17, 15) is 5.11 Å². The third kappa shape index (κ3) is 3.02. The van der Waals surface area contributed by atoms with Crippen LogP contribution in [-0.4, -0.2) is 17.8 Å². The highest BCUT2D eigenvalue weighted by Gasteiger charge is 2.39. The van der Waals surface area contributed by atoms with E-state index in [-0.39, 0.29) is 5.60 Å². The minimum atomic E-state index is -0.499. The van der Waals surface area contributed by atoms with Crippen molar-refractivity contribution in [2.75, 3.05) is 7.11 Å². The number of aliphatic hydroxyl groups is 1. The van der Waals surface area contributed by atoms with Gasteiger partial charge in [-0.3, -0.25) is 0 Å². The Morgan fingerprint density at radius 2 is 1.81 bits per heavy atom. The van der Waals surface area contributed by atoms with Gasteiger partial charge in [-0.05, 0) is 42.7 Å². The van der Waals surface area contributed by atoms with Crippen LogP contribution in [-0.2, 0) is 4.74 Å². The predicted molar refractivity (Wildman–Crippen MR) is 85.4 cm³/mol. The van der Waals surface area contributed by atoms with Crippen molar-refractivity contribution in [3.63, 3.8) is 0 Å². The van der Waals surface area contributed by atoms with Gasteiger partial charge in [-0.1, -0.05) is 56.4 Å². The van der Waals surface area contributed by atoms with E-state index in [0.29, 0.717) is 5.92 Å². The third-order valence-corrected chi connectivity index (χ3v) is 5.66. The zero-order valence-corrected chi connectivity index (χ0v) is 13.2. The Labute approximate surface area is 128 Å². The third-order valence-electron chi connectivity index (χ3n) is 5.66. The molecule has 0 radical (unpaired) electrons. The average molecular weight is 288 g/mol. The predicted octanol–water partition coefficient (Wildman–Crippen LogP) is 4.73. The molecule has 116 valence electrons. The minimum absolute atomic E-state index is 0.380. The first-order valence-electron chi connectivity index (χ1n) is 8.58.